The number of fused-ring (bicyclic) bond motifs is 1. The first-order valence-electron chi connectivity index (χ1n) is 8.00. The molecule has 0 saturated carbocycles. The molecular weight excluding hydrogens is 302 g/mol. The Balaban J connectivity index is 1.58. The number of furan rings is 1. The minimum absolute atomic E-state index is 0.0956. The zero-order valence-corrected chi connectivity index (χ0v) is 14.0. The maximum absolute atomic E-state index is 12.3. The average Bonchev–Trinajstić information content (AvgIpc) is 3.02. The number of para-hydroxylation sites is 1. The zero-order valence-electron chi connectivity index (χ0n) is 14.0. The molecule has 2 aromatic carbocycles. The Kier molecular flexibility index (Phi) is 4.85. The predicted octanol–water partition coefficient (Wildman–Crippen LogP) is 4.03. The van der Waals surface area contributed by atoms with E-state index < -0.39 is 0 Å². The molecular formula is C20H21NO3. The van der Waals surface area contributed by atoms with Crippen molar-refractivity contribution < 1.29 is 13.9 Å². The Hall–Kier alpha value is -2.75. The fourth-order valence-electron chi connectivity index (χ4n) is 2.71. The van der Waals surface area contributed by atoms with Gasteiger partial charge in [0.1, 0.15) is 17.1 Å². The zero-order chi connectivity index (χ0) is 16.9. The summed E-state index contributed by atoms with van der Waals surface area (Å²) in [6, 6.07) is 17.7. The number of ether oxygens (including phenoxy) is 1. The summed E-state index contributed by atoms with van der Waals surface area (Å²) in [5.41, 5.74) is 1.95. The largest absolute Gasteiger partial charge is 0.497 e. The van der Waals surface area contributed by atoms with Gasteiger partial charge in [-0.25, -0.2) is 0 Å². The number of aryl methyl sites for hydroxylation is 1. The lowest BCUT2D eigenvalue weighted by Gasteiger charge is -2.15. The van der Waals surface area contributed by atoms with Gasteiger partial charge in [-0.3, -0.25) is 4.79 Å². The maximum Gasteiger partial charge on any atom is 0.223 e. The topological polar surface area (TPSA) is 42.7 Å². The summed E-state index contributed by atoms with van der Waals surface area (Å²) in [4.78, 5) is 14.0. The summed E-state index contributed by atoms with van der Waals surface area (Å²) in [7, 11) is 3.45. The molecule has 0 fully saturated rings. The summed E-state index contributed by atoms with van der Waals surface area (Å²) >= 11 is 0. The summed E-state index contributed by atoms with van der Waals surface area (Å²) in [5.74, 6) is 1.71. The van der Waals surface area contributed by atoms with Gasteiger partial charge in [-0.15, -0.1) is 0 Å². The van der Waals surface area contributed by atoms with Gasteiger partial charge in [0.15, 0.2) is 0 Å². The minimum Gasteiger partial charge on any atom is -0.497 e. The molecule has 0 aliphatic rings. The van der Waals surface area contributed by atoms with E-state index in [1.165, 1.54) is 0 Å². The fraction of sp³-hybridized carbons (Fsp3) is 0.250. The lowest BCUT2D eigenvalue weighted by molar-refractivity contribution is -0.130. The van der Waals surface area contributed by atoms with Crippen molar-refractivity contribution in [3.05, 3.63) is 65.9 Å². The van der Waals surface area contributed by atoms with Gasteiger partial charge in [0, 0.05) is 18.9 Å². The SMILES string of the molecule is COc1cccc(CCC(=O)N(C)Cc2cc3ccccc3o2)c1. The number of carbonyl (C=O) groups excluding carboxylic acids is 1. The highest BCUT2D eigenvalue weighted by Gasteiger charge is 2.12. The van der Waals surface area contributed by atoms with Gasteiger partial charge in [0.25, 0.3) is 0 Å². The normalized spacial score (nSPS) is 10.8. The van der Waals surface area contributed by atoms with Crippen LogP contribution in [0.4, 0.5) is 0 Å². The van der Waals surface area contributed by atoms with Gasteiger partial charge in [0.2, 0.25) is 5.91 Å². The lowest BCUT2D eigenvalue weighted by Crippen LogP contribution is -2.26. The number of benzene rings is 2. The number of methoxy groups -OCH3 is 1. The van der Waals surface area contributed by atoms with Gasteiger partial charge in [0.05, 0.1) is 13.7 Å². The van der Waals surface area contributed by atoms with Crippen LogP contribution in [0, 0.1) is 0 Å². The van der Waals surface area contributed by atoms with Crippen molar-refractivity contribution >= 4 is 16.9 Å². The van der Waals surface area contributed by atoms with Crippen LogP contribution in [0.1, 0.15) is 17.7 Å². The van der Waals surface area contributed by atoms with Gasteiger partial charge in [-0.1, -0.05) is 30.3 Å². The molecule has 0 spiro atoms. The molecule has 0 unspecified atom stereocenters. The first-order chi connectivity index (χ1) is 11.7. The second-order valence-electron chi connectivity index (χ2n) is 5.85. The predicted molar refractivity (Wildman–Crippen MR) is 94.0 cm³/mol. The molecule has 1 aromatic heterocycles. The van der Waals surface area contributed by atoms with Crippen molar-refractivity contribution in [1.82, 2.24) is 4.90 Å². The third-order valence-corrected chi connectivity index (χ3v) is 4.06. The maximum atomic E-state index is 12.3. The number of amides is 1. The Morgan fingerprint density at radius 2 is 1.96 bits per heavy atom. The smallest absolute Gasteiger partial charge is 0.223 e. The van der Waals surface area contributed by atoms with Crippen LogP contribution in [-0.4, -0.2) is 25.0 Å². The van der Waals surface area contributed by atoms with E-state index in [-0.39, 0.29) is 5.91 Å². The summed E-state index contributed by atoms with van der Waals surface area (Å²) in [6.45, 7) is 0.478. The number of rotatable bonds is 6. The van der Waals surface area contributed by atoms with Crippen LogP contribution in [0.3, 0.4) is 0 Å². The second kappa shape index (κ2) is 7.21. The third kappa shape index (κ3) is 3.77. The van der Waals surface area contributed by atoms with E-state index in [2.05, 4.69) is 0 Å². The molecule has 1 amide bonds. The van der Waals surface area contributed by atoms with Crippen LogP contribution in [0.25, 0.3) is 11.0 Å². The van der Waals surface area contributed by atoms with Crippen LogP contribution in [-0.2, 0) is 17.8 Å². The molecule has 0 radical (unpaired) electrons. The summed E-state index contributed by atoms with van der Waals surface area (Å²) < 4.78 is 11.0. The number of carbonyl (C=O) groups is 1. The third-order valence-electron chi connectivity index (χ3n) is 4.06. The summed E-state index contributed by atoms with van der Waals surface area (Å²) in [5, 5.41) is 1.06. The van der Waals surface area contributed by atoms with E-state index in [1.807, 2.05) is 54.6 Å². The molecule has 1 heterocycles. The van der Waals surface area contributed by atoms with Crippen LogP contribution in [0.2, 0.25) is 0 Å². The Morgan fingerprint density at radius 3 is 2.75 bits per heavy atom. The molecule has 3 aromatic rings. The Bertz CT molecular complexity index is 805. The monoisotopic (exact) mass is 323 g/mol. The van der Waals surface area contributed by atoms with Crippen molar-refractivity contribution in [2.24, 2.45) is 0 Å². The molecule has 0 atom stereocenters. The highest BCUT2D eigenvalue weighted by molar-refractivity contribution is 5.78. The lowest BCUT2D eigenvalue weighted by atomic mass is 10.1. The molecule has 124 valence electrons. The first-order valence-corrected chi connectivity index (χ1v) is 8.00. The van der Waals surface area contributed by atoms with Crippen LogP contribution in [0.5, 0.6) is 5.75 Å². The minimum atomic E-state index is 0.0956. The van der Waals surface area contributed by atoms with E-state index in [0.717, 1.165) is 28.0 Å². The van der Waals surface area contributed by atoms with Crippen LogP contribution >= 0.6 is 0 Å². The van der Waals surface area contributed by atoms with Crippen molar-refractivity contribution in [2.45, 2.75) is 19.4 Å². The van der Waals surface area contributed by atoms with Gasteiger partial charge >= 0.3 is 0 Å². The summed E-state index contributed by atoms with van der Waals surface area (Å²) in [6.07, 6.45) is 1.16. The molecule has 0 aliphatic heterocycles. The first kappa shape index (κ1) is 16.1. The van der Waals surface area contributed by atoms with Gasteiger partial charge in [-0.05, 0) is 36.2 Å². The van der Waals surface area contributed by atoms with Gasteiger partial charge in [-0.2, -0.15) is 0 Å². The molecule has 0 bridgehead atoms. The fourth-order valence-corrected chi connectivity index (χ4v) is 2.71. The van der Waals surface area contributed by atoms with Gasteiger partial charge < -0.3 is 14.1 Å². The molecule has 3 rings (SSSR count). The van der Waals surface area contributed by atoms with E-state index in [9.17, 15) is 4.79 Å². The molecule has 0 N–H and O–H groups in total. The standard InChI is InChI=1S/C20H21NO3/c1-21(14-18-13-16-7-3-4-9-19(16)24-18)20(22)11-10-15-6-5-8-17(12-15)23-2/h3-9,12-13H,10-11,14H2,1-2H3. The Morgan fingerprint density at radius 1 is 1.12 bits per heavy atom. The van der Waals surface area contributed by atoms with Crippen molar-refractivity contribution in [2.75, 3.05) is 14.2 Å². The van der Waals surface area contributed by atoms with Crippen molar-refractivity contribution in [3.63, 3.8) is 0 Å². The number of nitrogens with zero attached hydrogens (tertiary/aromatic N) is 1. The van der Waals surface area contributed by atoms with Crippen LogP contribution < -0.4 is 4.74 Å². The number of hydrogen-bond donors (Lipinski definition) is 0. The second-order valence-corrected chi connectivity index (χ2v) is 5.85. The highest BCUT2D eigenvalue weighted by Crippen LogP contribution is 2.20. The Labute approximate surface area is 141 Å². The molecule has 4 nitrogen and oxygen atoms in total. The molecule has 24 heavy (non-hydrogen) atoms. The molecule has 0 aliphatic carbocycles. The van der Waals surface area contributed by atoms with E-state index >= 15 is 0 Å². The number of hydrogen-bond acceptors (Lipinski definition) is 3. The van der Waals surface area contributed by atoms with Crippen molar-refractivity contribution in [3.8, 4) is 5.75 Å². The van der Waals surface area contributed by atoms with E-state index in [0.29, 0.717) is 19.4 Å². The highest BCUT2D eigenvalue weighted by atomic mass is 16.5. The van der Waals surface area contributed by atoms with Crippen LogP contribution in [0.15, 0.2) is 59.0 Å². The average molecular weight is 323 g/mol. The van der Waals surface area contributed by atoms with E-state index in [1.54, 1.807) is 19.1 Å². The van der Waals surface area contributed by atoms with E-state index in [4.69, 9.17) is 9.15 Å². The molecule has 0 saturated heterocycles. The molecule has 4 heteroatoms. The van der Waals surface area contributed by atoms with Crippen molar-refractivity contribution in [1.29, 1.82) is 0 Å². The quantitative estimate of drug-likeness (QED) is 0.688.